The minimum Gasteiger partial charge on any atom is -0.408 e. The van der Waals surface area contributed by atoms with Crippen molar-refractivity contribution < 1.29 is 4.42 Å². The molecule has 86 valence electrons. The molecule has 0 amide bonds. The first-order valence-corrected chi connectivity index (χ1v) is 6.22. The Morgan fingerprint density at radius 2 is 2.29 bits per heavy atom. The molecule has 0 saturated carbocycles. The fourth-order valence-corrected chi connectivity index (χ4v) is 2.57. The zero-order chi connectivity index (χ0) is 12.0. The molecule has 6 heteroatoms. The van der Waals surface area contributed by atoms with Gasteiger partial charge in [-0.05, 0) is 24.4 Å². The standard InChI is InChI=1S/C11H8N2O2S2/c1-13-8-3-2-6(4-9(8)15-11(13)14)7-5-17-10(16)12-7/h2-5H,1H3,(H,12,16). The second kappa shape index (κ2) is 3.68. The van der Waals surface area contributed by atoms with Crippen LogP contribution in [-0.2, 0) is 7.05 Å². The van der Waals surface area contributed by atoms with Crippen molar-refractivity contribution in [1.29, 1.82) is 0 Å². The second-order valence-corrected chi connectivity index (χ2v) is 5.22. The number of thiazole rings is 1. The fraction of sp³-hybridized carbons (Fsp3) is 0.0909. The highest BCUT2D eigenvalue weighted by Crippen LogP contribution is 2.24. The van der Waals surface area contributed by atoms with Gasteiger partial charge in [-0.25, -0.2) is 4.79 Å². The van der Waals surface area contributed by atoms with Gasteiger partial charge in [0.2, 0.25) is 0 Å². The van der Waals surface area contributed by atoms with Crippen LogP contribution in [0.15, 0.2) is 32.8 Å². The Morgan fingerprint density at radius 3 is 3.00 bits per heavy atom. The van der Waals surface area contributed by atoms with Crippen LogP contribution in [0.5, 0.6) is 0 Å². The van der Waals surface area contributed by atoms with Crippen LogP contribution in [0.4, 0.5) is 0 Å². The van der Waals surface area contributed by atoms with Crippen molar-refractivity contribution >= 4 is 34.7 Å². The monoisotopic (exact) mass is 264 g/mol. The lowest BCUT2D eigenvalue weighted by molar-refractivity contribution is 0.528. The highest BCUT2D eigenvalue weighted by atomic mass is 32.1. The molecule has 4 nitrogen and oxygen atoms in total. The summed E-state index contributed by atoms with van der Waals surface area (Å²) in [6.07, 6.45) is 0. The first-order valence-electron chi connectivity index (χ1n) is 4.93. The van der Waals surface area contributed by atoms with E-state index in [0.717, 1.165) is 20.7 Å². The highest BCUT2D eigenvalue weighted by Gasteiger charge is 2.07. The predicted molar refractivity (Wildman–Crippen MR) is 70.0 cm³/mol. The molecule has 17 heavy (non-hydrogen) atoms. The van der Waals surface area contributed by atoms with Crippen LogP contribution in [-0.4, -0.2) is 9.55 Å². The maximum atomic E-state index is 11.4. The molecule has 0 bridgehead atoms. The van der Waals surface area contributed by atoms with Gasteiger partial charge in [-0.2, -0.15) is 0 Å². The average Bonchev–Trinajstić information content (AvgIpc) is 2.85. The summed E-state index contributed by atoms with van der Waals surface area (Å²) < 4.78 is 7.35. The Balaban J connectivity index is 2.27. The van der Waals surface area contributed by atoms with Gasteiger partial charge in [0.25, 0.3) is 0 Å². The lowest BCUT2D eigenvalue weighted by atomic mass is 10.1. The van der Waals surface area contributed by atoms with Crippen molar-refractivity contribution in [2.75, 3.05) is 0 Å². The van der Waals surface area contributed by atoms with E-state index in [1.165, 1.54) is 15.9 Å². The number of hydrogen-bond donors (Lipinski definition) is 1. The predicted octanol–water partition coefficient (Wildman–Crippen LogP) is 2.92. The van der Waals surface area contributed by atoms with Crippen LogP contribution in [0.25, 0.3) is 22.4 Å². The molecule has 0 saturated heterocycles. The SMILES string of the molecule is Cn1c(=O)oc2cc(-c3csc(=S)[nH]3)ccc21. The van der Waals surface area contributed by atoms with Crippen molar-refractivity contribution in [3.63, 3.8) is 0 Å². The topological polar surface area (TPSA) is 50.9 Å². The molecule has 0 aliphatic carbocycles. The van der Waals surface area contributed by atoms with Crippen LogP contribution in [0, 0.1) is 3.95 Å². The minimum absolute atomic E-state index is 0.351. The van der Waals surface area contributed by atoms with Gasteiger partial charge >= 0.3 is 5.76 Å². The van der Waals surface area contributed by atoms with Crippen molar-refractivity contribution in [1.82, 2.24) is 9.55 Å². The van der Waals surface area contributed by atoms with Crippen molar-refractivity contribution in [3.05, 3.63) is 38.1 Å². The number of nitrogens with one attached hydrogen (secondary N) is 1. The van der Waals surface area contributed by atoms with E-state index in [4.69, 9.17) is 16.6 Å². The highest BCUT2D eigenvalue weighted by molar-refractivity contribution is 7.73. The molecular formula is C11H8N2O2S2. The van der Waals surface area contributed by atoms with Crippen molar-refractivity contribution in [2.45, 2.75) is 0 Å². The first-order chi connectivity index (χ1) is 8.15. The zero-order valence-corrected chi connectivity index (χ0v) is 10.5. The molecule has 1 aromatic carbocycles. The van der Waals surface area contributed by atoms with Crippen LogP contribution in [0.2, 0.25) is 0 Å². The summed E-state index contributed by atoms with van der Waals surface area (Å²) in [5.41, 5.74) is 3.26. The van der Waals surface area contributed by atoms with Gasteiger partial charge in [0.15, 0.2) is 9.54 Å². The Kier molecular flexibility index (Phi) is 2.27. The molecule has 3 rings (SSSR count). The van der Waals surface area contributed by atoms with E-state index in [1.54, 1.807) is 7.05 Å². The largest absolute Gasteiger partial charge is 0.419 e. The number of oxazole rings is 1. The molecule has 0 aliphatic heterocycles. The molecule has 2 aromatic heterocycles. The summed E-state index contributed by atoms with van der Waals surface area (Å²) in [6, 6.07) is 5.64. The molecule has 3 aromatic rings. The third-order valence-electron chi connectivity index (χ3n) is 2.62. The van der Waals surface area contributed by atoms with E-state index < -0.39 is 0 Å². The van der Waals surface area contributed by atoms with Gasteiger partial charge in [-0.3, -0.25) is 4.57 Å². The summed E-state index contributed by atoms with van der Waals surface area (Å²) in [5, 5.41) is 1.95. The number of hydrogen-bond acceptors (Lipinski definition) is 4. The van der Waals surface area contributed by atoms with Gasteiger partial charge in [0.05, 0.1) is 11.2 Å². The fourth-order valence-electron chi connectivity index (χ4n) is 1.72. The molecule has 0 aliphatic rings. The van der Waals surface area contributed by atoms with Gasteiger partial charge in [-0.1, -0.05) is 6.07 Å². The molecule has 0 atom stereocenters. The Bertz CT molecular complexity index is 807. The quantitative estimate of drug-likeness (QED) is 0.687. The molecule has 2 heterocycles. The Hall–Kier alpha value is -1.66. The summed E-state index contributed by atoms with van der Waals surface area (Å²) in [4.78, 5) is 14.4. The van der Waals surface area contributed by atoms with Crippen LogP contribution in [0.3, 0.4) is 0 Å². The summed E-state index contributed by atoms with van der Waals surface area (Å²) in [6.45, 7) is 0. The van der Waals surface area contributed by atoms with E-state index >= 15 is 0 Å². The second-order valence-electron chi connectivity index (χ2n) is 3.67. The Morgan fingerprint density at radius 1 is 1.47 bits per heavy atom. The Labute approximate surface area is 105 Å². The smallest absolute Gasteiger partial charge is 0.408 e. The van der Waals surface area contributed by atoms with Gasteiger partial charge < -0.3 is 9.40 Å². The first kappa shape index (κ1) is 10.5. The zero-order valence-electron chi connectivity index (χ0n) is 8.89. The number of benzene rings is 1. The van der Waals surface area contributed by atoms with Crippen LogP contribution < -0.4 is 5.76 Å². The van der Waals surface area contributed by atoms with Crippen molar-refractivity contribution in [3.8, 4) is 11.3 Å². The molecular weight excluding hydrogens is 256 g/mol. The van der Waals surface area contributed by atoms with Gasteiger partial charge in [0.1, 0.15) is 0 Å². The lowest BCUT2D eigenvalue weighted by Gasteiger charge is -1.97. The maximum Gasteiger partial charge on any atom is 0.419 e. The van der Waals surface area contributed by atoms with Crippen LogP contribution in [0.1, 0.15) is 0 Å². The van der Waals surface area contributed by atoms with E-state index in [2.05, 4.69) is 4.98 Å². The number of nitrogens with zero attached hydrogens (tertiary/aromatic N) is 1. The summed E-state index contributed by atoms with van der Waals surface area (Å²) in [5.74, 6) is -0.351. The van der Waals surface area contributed by atoms with Crippen molar-refractivity contribution in [2.24, 2.45) is 7.05 Å². The van der Waals surface area contributed by atoms with Gasteiger partial charge in [0, 0.05) is 18.0 Å². The van der Waals surface area contributed by atoms with E-state index in [0.29, 0.717) is 5.58 Å². The normalized spacial score (nSPS) is 11.1. The van der Waals surface area contributed by atoms with E-state index in [-0.39, 0.29) is 5.76 Å². The molecule has 0 fully saturated rings. The average molecular weight is 264 g/mol. The molecule has 0 radical (unpaired) electrons. The summed E-state index contributed by atoms with van der Waals surface area (Å²) in [7, 11) is 1.69. The molecule has 0 spiro atoms. The number of fused-ring (bicyclic) bond motifs is 1. The number of aromatic nitrogens is 2. The number of rotatable bonds is 1. The van der Waals surface area contributed by atoms with E-state index in [9.17, 15) is 4.79 Å². The minimum atomic E-state index is -0.351. The maximum absolute atomic E-state index is 11.4. The molecule has 0 unspecified atom stereocenters. The number of H-pyrrole nitrogens is 1. The van der Waals surface area contributed by atoms with Gasteiger partial charge in [-0.15, -0.1) is 11.3 Å². The third-order valence-corrected chi connectivity index (χ3v) is 3.68. The summed E-state index contributed by atoms with van der Waals surface area (Å²) >= 11 is 6.51. The third kappa shape index (κ3) is 1.65. The lowest BCUT2D eigenvalue weighted by Crippen LogP contribution is -2.08. The van der Waals surface area contributed by atoms with Crippen LogP contribution >= 0.6 is 23.6 Å². The molecule has 1 N–H and O–H groups in total. The van der Waals surface area contributed by atoms with E-state index in [1.807, 2.05) is 23.6 Å². The number of aryl methyl sites for hydroxylation is 1. The number of aromatic amines is 1.